The molecule has 0 aliphatic carbocycles. The lowest BCUT2D eigenvalue weighted by Crippen LogP contribution is -2.49. The molecule has 3 rings (SSSR count). The van der Waals surface area contributed by atoms with Gasteiger partial charge in [0.15, 0.2) is 0 Å². The minimum absolute atomic E-state index is 0.222. The van der Waals surface area contributed by atoms with E-state index in [1.165, 1.54) is 16.4 Å². The lowest BCUT2D eigenvalue weighted by Gasteiger charge is -2.35. The van der Waals surface area contributed by atoms with E-state index in [9.17, 15) is 17.2 Å². The normalized spacial score (nSPS) is 16.1. The van der Waals surface area contributed by atoms with Crippen molar-refractivity contribution >= 4 is 27.3 Å². The SMILES string of the molecule is Cc1cc(S(=O)(=O)N2CCN(c3ccc(F)cc3F)CC2)c(C)cc1Cl. The van der Waals surface area contributed by atoms with E-state index in [1.807, 2.05) is 0 Å². The molecule has 1 saturated heterocycles. The minimum atomic E-state index is -3.66. The standard InChI is InChI=1S/C18H19ClF2N2O2S/c1-12-10-18(13(2)9-15(12)19)26(24,25)23-7-5-22(6-8-23)17-4-3-14(20)11-16(17)21/h3-4,9-11H,5-8H2,1-2H3. The highest BCUT2D eigenvalue weighted by Crippen LogP contribution is 2.28. The van der Waals surface area contributed by atoms with Gasteiger partial charge in [0, 0.05) is 37.3 Å². The predicted octanol–water partition coefficient (Wildman–Crippen LogP) is 3.75. The fourth-order valence-corrected chi connectivity index (χ4v) is 5.01. The van der Waals surface area contributed by atoms with Gasteiger partial charge in [0.1, 0.15) is 11.6 Å². The summed E-state index contributed by atoms with van der Waals surface area (Å²) in [5, 5.41) is 0.526. The Hall–Kier alpha value is -1.70. The highest BCUT2D eigenvalue weighted by molar-refractivity contribution is 7.89. The summed E-state index contributed by atoms with van der Waals surface area (Å²) in [6, 6.07) is 6.63. The Morgan fingerprint density at radius 2 is 1.62 bits per heavy atom. The number of nitrogens with zero attached hydrogens (tertiary/aromatic N) is 2. The first kappa shape index (κ1) is 19.1. The van der Waals surface area contributed by atoms with E-state index < -0.39 is 21.7 Å². The molecule has 26 heavy (non-hydrogen) atoms. The molecule has 8 heteroatoms. The van der Waals surface area contributed by atoms with Crippen LogP contribution in [0, 0.1) is 25.5 Å². The third-order valence-electron chi connectivity index (χ3n) is 4.56. The van der Waals surface area contributed by atoms with E-state index in [2.05, 4.69) is 0 Å². The Balaban J connectivity index is 1.80. The maximum Gasteiger partial charge on any atom is 0.243 e. The summed E-state index contributed by atoms with van der Waals surface area (Å²) in [5.74, 6) is -1.29. The third-order valence-corrected chi connectivity index (χ3v) is 7.01. The second-order valence-corrected chi connectivity index (χ2v) is 8.67. The molecule has 1 heterocycles. The Labute approximate surface area is 157 Å². The molecular formula is C18H19ClF2N2O2S. The van der Waals surface area contributed by atoms with Crippen LogP contribution in [0.3, 0.4) is 0 Å². The van der Waals surface area contributed by atoms with Crippen LogP contribution < -0.4 is 4.90 Å². The zero-order chi connectivity index (χ0) is 19.1. The van der Waals surface area contributed by atoms with E-state index in [-0.39, 0.29) is 23.7 Å². The molecule has 0 radical (unpaired) electrons. The van der Waals surface area contributed by atoms with Crippen molar-refractivity contribution in [3.63, 3.8) is 0 Å². The summed E-state index contributed by atoms with van der Waals surface area (Å²) >= 11 is 6.06. The molecule has 0 aromatic heterocycles. The average Bonchev–Trinajstić information content (AvgIpc) is 2.58. The quantitative estimate of drug-likeness (QED) is 0.788. The van der Waals surface area contributed by atoms with Crippen molar-refractivity contribution < 1.29 is 17.2 Å². The van der Waals surface area contributed by atoms with Crippen molar-refractivity contribution in [3.05, 3.63) is 58.1 Å². The van der Waals surface area contributed by atoms with Crippen molar-refractivity contribution in [2.24, 2.45) is 0 Å². The van der Waals surface area contributed by atoms with Crippen LogP contribution in [-0.4, -0.2) is 38.9 Å². The molecule has 2 aromatic carbocycles. The molecule has 140 valence electrons. The van der Waals surface area contributed by atoms with Crippen LogP contribution in [0.25, 0.3) is 0 Å². The lowest BCUT2D eigenvalue weighted by molar-refractivity contribution is 0.383. The van der Waals surface area contributed by atoms with Gasteiger partial charge < -0.3 is 4.90 Å². The van der Waals surface area contributed by atoms with E-state index in [4.69, 9.17) is 11.6 Å². The average molecular weight is 401 g/mol. The van der Waals surface area contributed by atoms with Crippen LogP contribution in [0.4, 0.5) is 14.5 Å². The smallest absolute Gasteiger partial charge is 0.243 e. The number of piperazine rings is 1. The van der Waals surface area contributed by atoms with Crippen molar-refractivity contribution in [1.29, 1.82) is 0 Å². The van der Waals surface area contributed by atoms with E-state index in [1.54, 1.807) is 30.9 Å². The Morgan fingerprint density at radius 1 is 0.962 bits per heavy atom. The van der Waals surface area contributed by atoms with Crippen LogP contribution >= 0.6 is 11.6 Å². The molecular weight excluding hydrogens is 382 g/mol. The number of hydrogen-bond donors (Lipinski definition) is 0. The summed E-state index contributed by atoms with van der Waals surface area (Å²) in [7, 11) is -3.66. The Kier molecular flexibility index (Phi) is 5.23. The summed E-state index contributed by atoms with van der Waals surface area (Å²) in [6.45, 7) is 4.57. The molecule has 0 bridgehead atoms. The first-order chi connectivity index (χ1) is 12.2. The number of benzene rings is 2. The number of sulfonamides is 1. The first-order valence-electron chi connectivity index (χ1n) is 8.17. The minimum Gasteiger partial charge on any atom is -0.367 e. The topological polar surface area (TPSA) is 40.6 Å². The Morgan fingerprint density at radius 3 is 2.23 bits per heavy atom. The van der Waals surface area contributed by atoms with Crippen LogP contribution in [0.15, 0.2) is 35.2 Å². The van der Waals surface area contributed by atoms with Gasteiger partial charge in [-0.25, -0.2) is 17.2 Å². The lowest BCUT2D eigenvalue weighted by atomic mass is 10.2. The van der Waals surface area contributed by atoms with E-state index >= 15 is 0 Å². The van der Waals surface area contributed by atoms with Gasteiger partial charge in [0.05, 0.1) is 10.6 Å². The summed E-state index contributed by atoms with van der Waals surface area (Å²) in [6.07, 6.45) is 0. The molecule has 2 aromatic rings. The molecule has 0 saturated carbocycles. The summed E-state index contributed by atoms with van der Waals surface area (Å²) in [5.41, 5.74) is 1.57. The van der Waals surface area contributed by atoms with Crippen LogP contribution in [-0.2, 0) is 10.0 Å². The first-order valence-corrected chi connectivity index (χ1v) is 9.99. The molecule has 0 spiro atoms. The van der Waals surface area contributed by atoms with Crippen molar-refractivity contribution in [2.45, 2.75) is 18.7 Å². The molecule has 1 fully saturated rings. The fraction of sp³-hybridized carbons (Fsp3) is 0.333. The number of aryl methyl sites for hydroxylation is 2. The second-order valence-electron chi connectivity index (χ2n) is 6.35. The van der Waals surface area contributed by atoms with Gasteiger partial charge in [-0.3, -0.25) is 0 Å². The monoisotopic (exact) mass is 400 g/mol. The Bertz CT molecular complexity index is 942. The molecule has 1 aliphatic rings. The maximum absolute atomic E-state index is 13.9. The zero-order valence-corrected chi connectivity index (χ0v) is 16.0. The van der Waals surface area contributed by atoms with Gasteiger partial charge in [-0.1, -0.05) is 11.6 Å². The van der Waals surface area contributed by atoms with Gasteiger partial charge in [-0.2, -0.15) is 4.31 Å². The van der Waals surface area contributed by atoms with E-state index in [0.29, 0.717) is 29.2 Å². The molecule has 1 aliphatic heterocycles. The highest BCUT2D eigenvalue weighted by Gasteiger charge is 2.30. The number of rotatable bonds is 3. The molecule has 0 unspecified atom stereocenters. The van der Waals surface area contributed by atoms with Gasteiger partial charge in [-0.05, 0) is 49.2 Å². The highest BCUT2D eigenvalue weighted by atomic mass is 35.5. The van der Waals surface area contributed by atoms with Crippen molar-refractivity contribution in [3.8, 4) is 0 Å². The van der Waals surface area contributed by atoms with E-state index in [0.717, 1.165) is 6.07 Å². The number of hydrogen-bond acceptors (Lipinski definition) is 3. The number of anilines is 1. The van der Waals surface area contributed by atoms with Crippen molar-refractivity contribution in [2.75, 3.05) is 31.1 Å². The van der Waals surface area contributed by atoms with Gasteiger partial charge in [-0.15, -0.1) is 0 Å². The fourth-order valence-electron chi connectivity index (χ4n) is 3.08. The predicted molar refractivity (Wildman–Crippen MR) is 98.3 cm³/mol. The molecule has 0 N–H and O–H groups in total. The van der Waals surface area contributed by atoms with Crippen LogP contribution in [0.5, 0.6) is 0 Å². The third kappa shape index (κ3) is 3.56. The van der Waals surface area contributed by atoms with Gasteiger partial charge >= 0.3 is 0 Å². The van der Waals surface area contributed by atoms with Crippen molar-refractivity contribution in [1.82, 2.24) is 4.31 Å². The van der Waals surface area contributed by atoms with Gasteiger partial charge in [0.25, 0.3) is 0 Å². The van der Waals surface area contributed by atoms with Crippen LogP contribution in [0.1, 0.15) is 11.1 Å². The summed E-state index contributed by atoms with van der Waals surface area (Å²) in [4.78, 5) is 1.96. The largest absolute Gasteiger partial charge is 0.367 e. The molecule has 0 amide bonds. The van der Waals surface area contributed by atoms with Gasteiger partial charge in [0.2, 0.25) is 10.0 Å². The summed E-state index contributed by atoms with van der Waals surface area (Å²) < 4.78 is 54.3. The molecule has 4 nitrogen and oxygen atoms in total. The molecule has 0 atom stereocenters. The zero-order valence-electron chi connectivity index (χ0n) is 14.5. The number of halogens is 3. The second kappa shape index (κ2) is 7.13. The maximum atomic E-state index is 13.9. The van der Waals surface area contributed by atoms with Crippen LogP contribution in [0.2, 0.25) is 5.02 Å².